The van der Waals surface area contributed by atoms with Gasteiger partial charge in [-0.2, -0.15) is 0 Å². The second-order valence-electron chi connectivity index (χ2n) is 16.7. The molecule has 1 aliphatic carbocycles. The summed E-state index contributed by atoms with van der Waals surface area (Å²) < 4.78 is 12.2. The number of aromatic nitrogens is 2. The Balaban J connectivity index is 1.18. The van der Waals surface area contributed by atoms with Crippen LogP contribution in [-0.2, 0) is 25.7 Å². The lowest BCUT2D eigenvalue weighted by molar-refractivity contribution is -0.146. The number of carboxylic acids is 1. The molecule has 0 spiro atoms. The standard InChI is InChI=1S/C41H54N6O7S/c1-40(2,3)54-39(52)44-30-14-9-6-4-5-8-13-27-23-41(27,38(50)51)45-35(48)32-22-28(25-47(32)37(30)49)53-36-34(33-15-12-20-55-33)42-31-21-26(16-17-29(31)43-36)24-46-18-10-7-11-19-46/h12,15-17,20-21,27-28,30,32H,4-11,13-14,18-19,22-25H2,1-3H3,(H,44,52)(H,45,48)(H,50,51)/t27?,28-,30+,32+,41?/m1/s1. The number of nitrogens with zero attached hydrogens (tertiary/aromatic N) is 4. The highest BCUT2D eigenvalue weighted by Gasteiger charge is 2.62. The predicted molar refractivity (Wildman–Crippen MR) is 209 cm³/mol. The zero-order chi connectivity index (χ0) is 38.7. The number of nitrogens with one attached hydrogen (secondary N) is 2. The van der Waals surface area contributed by atoms with E-state index >= 15 is 0 Å². The largest absolute Gasteiger partial charge is 0.479 e. The Morgan fingerprint density at radius 1 is 1.00 bits per heavy atom. The van der Waals surface area contributed by atoms with Crippen LogP contribution in [0.1, 0.15) is 103 Å². The van der Waals surface area contributed by atoms with Gasteiger partial charge in [-0.25, -0.2) is 19.6 Å². The molecule has 0 bridgehead atoms. The number of rotatable bonds is 7. The number of alkyl carbamates (subject to hydrolysis) is 1. The van der Waals surface area contributed by atoms with Gasteiger partial charge in [0.05, 0.1) is 22.5 Å². The third kappa shape index (κ3) is 9.23. The number of amides is 3. The minimum atomic E-state index is -1.36. The summed E-state index contributed by atoms with van der Waals surface area (Å²) in [6.45, 7) is 8.33. The maximum absolute atomic E-state index is 14.5. The normalized spacial score (nSPS) is 26.9. The van der Waals surface area contributed by atoms with Crippen molar-refractivity contribution in [2.24, 2.45) is 5.92 Å². The van der Waals surface area contributed by atoms with Crippen molar-refractivity contribution in [1.29, 1.82) is 0 Å². The number of hydrogen-bond acceptors (Lipinski definition) is 10. The minimum absolute atomic E-state index is 0.0330. The lowest BCUT2D eigenvalue weighted by Crippen LogP contribution is -2.56. The third-order valence-corrected chi connectivity index (χ3v) is 12.2. The molecule has 3 aliphatic heterocycles. The van der Waals surface area contributed by atoms with E-state index in [0.717, 1.165) is 55.7 Å². The van der Waals surface area contributed by atoms with Gasteiger partial charge in [-0.15, -0.1) is 11.3 Å². The van der Waals surface area contributed by atoms with Crippen LogP contribution in [0.4, 0.5) is 4.79 Å². The van der Waals surface area contributed by atoms with Crippen molar-refractivity contribution in [2.45, 2.75) is 134 Å². The molecule has 7 rings (SSSR count). The molecule has 296 valence electrons. The van der Waals surface area contributed by atoms with Gasteiger partial charge < -0.3 is 30.1 Å². The van der Waals surface area contributed by atoms with E-state index in [2.05, 4.69) is 27.7 Å². The Labute approximate surface area is 326 Å². The number of benzene rings is 1. The fraction of sp³-hybridized carbons (Fsp3) is 0.610. The summed E-state index contributed by atoms with van der Waals surface area (Å²) in [5.41, 5.74) is 1.04. The molecular formula is C41H54N6O7S. The fourth-order valence-corrected chi connectivity index (χ4v) is 9.08. The average molecular weight is 775 g/mol. The van der Waals surface area contributed by atoms with Crippen LogP contribution in [0.2, 0.25) is 0 Å². The molecule has 0 radical (unpaired) electrons. The Morgan fingerprint density at radius 2 is 1.75 bits per heavy atom. The Kier molecular flexibility index (Phi) is 11.6. The second kappa shape index (κ2) is 16.4. The van der Waals surface area contributed by atoms with Crippen LogP contribution in [0.15, 0.2) is 35.7 Å². The Bertz CT molecular complexity index is 1880. The van der Waals surface area contributed by atoms with Crippen LogP contribution < -0.4 is 15.4 Å². The van der Waals surface area contributed by atoms with Crippen LogP contribution in [0.25, 0.3) is 21.6 Å². The van der Waals surface area contributed by atoms with Crippen LogP contribution in [0.3, 0.4) is 0 Å². The van der Waals surface area contributed by atoms with Gasteiger partial charge in [0.15, 0.2) is 0 Å². The molecule has 3 saturated heterocycles. The molecule has 2 unspecified atom stereocenters. The predicted octanol–water partition coefficient (Wildman–Crippen LogP) is 6.29. The first-order chi connectivity index (χ1) is 26.4. The molecule has 3 amide bonds. The van der Waals surface area contributed by atoms with Gasteiger partial charge in [0.1, 0.15) is 35.0 Å². The number of ether oxygens (including phenoxy) is 2. The number of carbonyl (C=O) groups excluding carboxylic acids is 3. The number of thiophene rings is 1. The molecular weight excluding hydrogens is 721 g/mol. The first kappa shape index (κ1) is 39.0. The number of aliphatic carboxylic acids is 1. The summed E-state index contributed by atoms with van der Waals surface area (Å²) in [6, 6.07) is 8.07. The van der Waals surface area contributed by atoms with Crippen molar-refractivity contribution in [3.8, 4) is 16.5 Å². The van der Waals surface area contributed by atoms with Gasteiger partial charge >= 0.3 is 12.1 Å². The zero-order valence-electron chi connectivity index (χ0n) is 32.2. The minimum Gasteiger partial charge on any atom is -0.479 e. The second-order valence-corrected chi connectivity index (χ2v) is 17.7. The molecule has 5 heterocycles. The zero-order valence-corrected chi connectivity index (χ0v) is 33.0. The summed E-state index contributed by atoms with van der Waals surface area (Å²) >= 11 is 1.52. The van der Waals surface area contributed by atoms with E-state index in [0.29, 0.717) is 42.8 Å². The smallest absolute Gasteiger partial charge is 0.408 e. The molecule has 1 saturated carbocycles. The first-order valence-electron chi connectivity index (χ1n) is 20.0. The van der Waals surface area contributed by atoms with Crippen molar-refractivity contribution in [1.82, 2.24) is 30.4 Å². The summed E-state index contributed by atoms with van der Waals surface area (Å²) in [4.78, 5) is 69.1. The summed E-state index contributed by atoms with van der Waals surface area (Å²) in [5.74, 6) is -1.91. The number of carbonyl (C=O) groups is 4. The van der Waals surface area contributed by atoms with Gasteiger partial charge in [-0.1, -0.05) is 50.7 Å². The highest BCUT2D eigenvalue weighted by atomic mass is 32.1. The third-order valence-electron chi connectivity index (χ3n) is 11.3. The van der Waals surface area contributed by atoms with E-state index in [1.807, 2.05) is 23.6 Å². The van der Waals surface area contributed by atoms with E-state index in [4.69, 9.17) is 19.4 Å². The van der Waals surface area contributed by atoms with Crippen molar-refractivity contribution in [3.05, 3.63) is 41.3 Å². The van der Waals surface area contributed by atoms with Crippen molar-refractivity contribution < 1.29 is 33.8 Å². The van der Waals surface area contributed by atoms with Crippen molar-refractivity contribution in [3.63, 3.8) is 0 Å². The van der Waals surface area contributed by atoms with E-state index in [1.165, 1.54) is 41.1 Å². The lowest BCUT2D eigenvalue weighted by Gasteiger charge is -2.30. The maximum Gasteiger partial charge on any atom is 0.408 e. The molecule has 14 heteroatoms. The number of piperidine rings is 1. The Hall–Kier alpha value is -4.30. The molecule has 3 aromatic rings. The topological polar surface area (TPSA) is 163 Å². The van der Waals surface area contributed by atoms with Gasteiger partial charge in [-0.3, -0.25) is 14.5 Å². The average Bonchev–Trinajstić information content (AvgIpc) is 3.43. The molecule has 5 atom stereocenters. The van der Waals surface area contributed by atoms with Crippen LogP contribution >= 0.6 is 11.3 Å². The van der Waals surface area contributed by atoms with E-state index in [9.17, 15) is 24.3 Å². The van der Waals surface area contributed by atoms with Crippen molar-refractivity contribution in [2.75, 3.05) is 19.6 Å². The Morgan fingerprint density at radius 3 is 2.47 bits per heavy atom. The number of fused-ring (bicyclic) bond motifs is 3. The van der Waals surface area contributed by atoms with Crippen LogP contribution in [0, 0.1) is 5.92 Å². The monoisotopic (exact) mass is 774 g/mol. The van der Waals surface area contributed by atoms with E-state index < -0.39 is 53.2 Å². The number of hydrogen-bond donors (Lipinski definition) is 3. The summed E-state index contributed by atoms with van der Waals surface area (Å²) in [7, 11) is 0. The van der Waals surface area contributed by atoms with Gasteiger partial charge in [0.25, 0.3) is 0 Å². The van der Waals surface area contributed by atoms with Crippen LogP contribution in [-0.4, -0.2) is 97.7 Å². The molecule has 13 nitrogen and oxygen atoms in total. The number of likely N-dealkylation sites (tertiary alicyclic amines) is 1. The summed E-state index contributed by atoms with van der Waals surface area (Å²) in [6.07, 6.45) is 8.12. The summed E-state index contributed by atoms with van der Waals surface area (Å²) in [5, 5.41) is 17.9. The SMILES string of the molecule is CC(C)(C)OC(=O)N[C@H]1CCCCCCCC2CC2(C(=O)O)NC(=O)[C@@H]2C[C@@H](Oc3nc4ccc(CN5CCCCC5)cc4nc3-c3cccs3)CN2C1=O. The van der Waals surface area contributed by atoms with E-state index in [-0.39, 0.29) is 18.9 Å². The van der Waals surface area contributed by atoms with Gasteiger partial charge in [0, 0.05) is 13.0 Å². The molecule has 55 heavy (non-hydrogen) atoms. The molecule has 1 aromatic carbocycles. The maximum atomic E-state index is 14.5. The highest BCUT2D eigenvalue weighted by Crippen LogP contribution is 2.47. The molecule has 3 N–H and O–H groups in total. The lowest BCUT2D eigenvalue weighted by atomic mass is 10.0. The molecule has 4 aliphatic rings. The molecule has 4 fully saturated rings. The quantitative estimate of drug-likeness (QED) is 0.249. The van der Waals surface area contributed by atoms with Crippen molar-refractivity contribution >= 4 is 46.2 Å². The van der Waals surface area contributed by atoms with E-state index in [1.54, 1.807) is 20.8 Å². The fourth-order valence-electron chi connectivity index (χ4n) is 8.37. The first-order valence-corrected chi connectivity index (χ1v) is 20.9. The van der Waals surface area contributed by atoms with Gasteiger partial charge in [-0.05, 0) is 101 Å². The number of carboxylic acid groups (broad SMARTS) is 1. The highest BCUT2D eigenvalue weighted by molar-refractivity contribution is 7.13. The molecule has 2 aromatic heterocycles. The van der Waals surface area contributed by atoms with Gasteiger partial charge in [0.2, 0.25) is 17.7 Å². The van der Waals surface area contributed by atoms with Crippen LogP contribution in [0.5, 0.6) is 5.88 Å².